The number of rotatable bonds is 4. The number of amides is 1. The second-order valence-electron chi connectivity index (χ2n) is 7.25. The number of nitrogens with zero attached hydrogens (tertiary/aromatic N) is 5. The molecule has 2 aliphatic rings. The normalized spacial score (nSPS) is 14.3. The highest BCUT2D eigenvalue weighted by Gasteiger charge is 2.24. The van der Waals surface area contributed by atoms with E-state index in [4.69, 9.17) is 14.6 Å². The van der Waals surface area contributed by atoms with Crippen LogP contribution in [0.3, 0.4) is 0 Å². The molecule has 0 saturated heterocycles. The highest BCUT2D eigenvalue weighted by Crippen LogP contribution is 2.35. The maximum atomic E-state index is 12.8. The number of para-hydroxylation sites is 1. The second-order valence-corrected chi connectivity index (χ2v) is 8.19. The number of fused-ring (bicyclic) bond motifs is 3. The number of anilines is 1. The zero-order valence-corrected chi connectivity index (χ0v) is 17.2. The average molecular weight is 431 g/mol. The zero-order valence-electron chi connectivity index (χ0n) is 16.4. The fourth-order valence-corrected chi connectivity index (χ4v) is 4.63. The van der Waals surface area contributed by atoms with E-state index in [0.29, 0.717) is 23.1 Å². The molecule has 0 bridgehead atoms. The van der Waals surface area contributed by atoms with Crippen molar-refractivity contribution in [2.45, 2.75) is 11.6 Å². The van der Waals surface area contributed by atoms with Gasteiger partial charge >= 0.3 is 0 Å². The second kappa shape index (κ2) is 7.28. The minimum Gasteiger partial charge on any atom is -0.454 e. The van der Waals surface area contributed by atoms with E-state index >= 15 is 0 Å². The first-order valence-corrected chi connectivity index (χ1v) is 10.9. The van der Waals surface area contributed by atoms with Crippen molar-refractivity contribution >= 4 is 29.0 Å². The number of hydrogen-bond donors (Lipinski definition) is 0. The molecule has 0 radical (unpaired) electrons. The van der Waals surface area contributed by atoms with Gasteiger partial charge in [0, 0.05) is 17.8 Å². The lowest BCUT2D eigenvalue weighted by molar-refractivity contribution is -0.116. The lowest BCUT2D eigenvalue weighted by Gasteiger charge is -2.16. The topological polar surface area (TPSA) is 81.8 Å². The molecule has 2 aromatic heterocycles. The Morgan fingerprint density at radius 1 is 1.03 bits per heavy atom. The van der Waals surface area contributed by atoms with Gasteiger partial charge < -0.3 is 14.4 Å². The van der Waals surface area contributed by atoms with Crippen molar-refractivity contribution in [1.82, 2.24) is 19.8 Å². The standard InChI is InChI=1S/C22H17N5O3S/c28-21(26-10-9-14-3-1-2-4-17(14)26)12-31-22-24-23-20-8-6-16(25-27(20)22)15-5-7-18-19(11-15)30-13-29-18/h1-8,11H,9-10,12-13H2. The summed E-state index contributed by atoms with van der Waals surface area (Å²) in [6, 6.07) is 17.5. The van der Waals surface area contributed by atoms with Crippen molar-refractivity contribution in [3.8, 4) is 22.8 Å². The van der Waals surface area contributed by atoms with E-state index < -0.39 is 0 Å². The molecule has 0 unspecified atom stereocenters. The Hall–Kier alpha value is -3.59. The summed E-state index contributed by atoms with van der Waals surface area (Å²) in [6.07, 6.45) is 0.890. The SMILES string of the molecule is O=C(CSc1nnc2ccc(-c3ccc4c(c3)OCO4)nn12)N1CCc2ccccc21. The first-order valence-electron chi connectivity index (χ1n) is 9.90. The van der Waals surface area contributed by atoms with Gasteiger partial charge in [-0.15, -0.1) is 10.2 Å². The van der Waals surface area contributed by atoms with Crippen LogP contribution in [0.4, 0.5) is 5.69 Å². The van der Waals surface area contributed by atoms with Gasteiger partial charge in [-0.05, 0) is 48.4 Å². The molecule has 4 heterocycles. The molecule has 0 fully saturated rings. The van der Waals surface area contributed by atoms with Crippen LogP contribution < -0.4 is 14.4 Å². The monoisotopic (exact) mass is 431 g/mol. The molecule has 0 atom stereocenters. The van der Waals surface area contributed by atoms with Gasteiger partial charge in [-0.25, -0.2) is 0 Å². The van der Waals surface area contributed by atoms with Crippen LogP contribution in [0.25, 0.3) is 16.9 Å². The Labute approximate surface area is 181 Å². The maximum Gasteiger partial charge on any atom is 0.237 e. The van der Waals surface area contributed by atoms with Gasteiger partial charge in [-0.2, -0.15) is 9.61 Å². The fraction of sp³-hybridized carbons (Fsp3) is 0.182. The van der Waals surface area contributed by atoms with E-state index in [-0.39, 0.29) is 18.5 Å². The lowest BCUT2D eigenvalue weighted by atomic mass is 10.1. The van der Waals surface area contributed by atoms with Gasteiger partial charge in [-0.1, -0.05) is 30.0 Å². The lowest BCUT2D eigenvalue weighted by Crippen LogP contribution is -2.30. The third-order valence-corrected chi connectivity index (χ3v) is 6.32. The first-order chi connectivity index (χ1) is 15.3. The fourth-order valence-electron chi connectivity index (χ4n) is 3.87. The summed E-state index contributed by atoms with van der Waals surface area (Å²) in [5.41, 5.74) is 4.50. The predicted octanol–water partition coefficient (Wildman–Crippen LogP) is 3.20. The van der Waals surface area contributed by atoms with E-state index in [0.717, 1.165) is 29.1 Å². The Morgan fingerprint density at radius 2 is 1.94 bits per heavy atom. The van der Waals surface area contributed by atoms with E-state index in [2.05, 4.69) is 16.3 Å². The van der Waals surface area contributed by atoms with Gasteiger partial charge in [-0.3, -0.25) is 4.79 Å². The zero-order chi connectivity index (χ0) is 20.8. The van der Waals surface area contributed by atoms with Crippen molar-refractivity contribution in [3.05, 3.63) is 60.2 Å². The van der Waals surface area contributed by atoms with Crippen molar-refractivity contribution in [3.63, 3.8) is 0 Å². The number of benzene rings is 2. The summed E-state index contributed by atoms with van der Waals surface area (Å²) in [4.78, 5) is 14.7. The number of aromatic nitrogens is 4. The van der Waals surface area contributed by atoms with Crippen molar-refractivity contribution in [1.29, 1.82) is 0 Å². The highest BCUT2D eigenvalue weighted by molar-refractivity contribution is 7.99. The first kappa shape index (κ1) is 18.2. The van der Waals surface area contributed by atoms with Crippen LogP contribution in [0.5, 0.6) is 11.5 Å². The van der Waals surface area contributed by atoms with Gasteiger partial charge in [0.25, 0.3) is 0 Å². The molecule has 0 aliphatic carbocycles. The average Bonchev–Trinajstić information content (AvgIpc) is 3.54. The van der Waals surface area contributed by atoms with E-state index in [9.17, 15) is 4.79 Å². The minimum atomic E-state index is 0.0543. The molecule has 2 aromatic carbocycles. The number of hydrogen-bond acceptors (Lipinski definition) is 7. The molecule has 31 heavy (non-hydrogen) atoms. The molecule has 0 spiro atoms. The van der Waals surface area contributed by atoms with Crippen molar-refractivity contribution in [2.75, 3.05) is 24.0 Å². The largest absolute Gasteiger partial charge is 0.454 e. The maximum absolute atomic E-state index is 12.8. The molecule has 1 amide bonds. The van der Waals surface area contributed by atoms with E-state index in [1.54, 1.807) is 4.52 Å². The molecule has 154 valence electrons. The third-order valence-electron chi connectivity index (χ3n) is 5.42. The van der Waals surface area contributed by atoms with Crippen molar-refractivity contribution < 1.29 is 14.3 Å². The van der Waals surface area contributed by atoms with Gasteiger partial charge in [0.15, 0.2) is 17.1 Å². The molecule has 8 nitrogen and oxygen atoms in total. The molecule has 6 rings (SSSR count). The van der Waals surface area contributed by atoms with Crippen LogP contribution in [0, 0.1) is 0 Å². The Kier molecular flexibility index (Phi) is 4.27. The molecule has 2 aliphatic heterocycles. The van der Waals surface area contributed by atoms with Crippen LogP contribution in [0.2, 0.25) is 0 Å². The quantitative estimate of drug-likeness (QED) is 0.459. The van der Waals surface area contributed by atoms with Gasteiger partial charge in [0.2, 0.25) is 17.9 Å². The summed E-state index contributed by atoms with van der Waals surface area (Å²) >= 11 is 1.34. The van der Waals surface area contributed by atoms with Crippen LogP contribution in [0.15, 0.2) is 59.8 Å². The summed E-state index contributed by atoms with van der Waals surface area (Å²) in [5, 5.41) is 13.7. The Morgan fingerprint density at radius 3 is 2.90 bits per heavy atom. The summed E-state index contributed by atoms with van der Waals surface area (Å²) in [6.45, 7) is 0.943. The molecule has 0 N–H and O–H groups in total. The highest BCUT2D eigenvalue weighted by atomic mass is 32.2. The minimum absolute atomic E-state index is 0.0543. The third kappa shape index (κ3) is 3.17. The number of thioether (sulfide) groups is 1. The summed E-state index contributed by atoms with van der Waals surface area (Å²) in [7, 11) is 0. The molecular formula is C22H17N5O3S. The smallest absolute Gasteiger partial charge is 0.237 e. The Bertz CT molecular complexity index is 1320. The van der Waals surface area contributed by atoms with Crippen LogP contribution in [-0.4, -0.2) is 44.8 Å². The van der Waals surface area contributed by atoms with E-state index in [1.807, 2.05) is 53.4 Å². The predicted molar refractivity (Wildman–Crippen MR) is 116 cm³/mol. The number of carbonyl (C=O) groups excluding carboxylic acids is 1. The Balaban J connectivity index is 1.24. The molecule has 0 saturated carbocycles. The van der Waals surface area contributed by atoms with Crippen LogP contribution in [-0.2, 0) is 11.2 Å². The molecule has 9 heteroatoms. The summed E-state index contributed by atoms with van der Waals surface area (Å²) < 4.78 is 12.5. The van der Waals surface area contributed by atoms with Crippen LogP contribution >= 0.6 is 11.8 Å². The van der Waals surface area contributed by atoms with Crippen molar-refractivity contribution in [2.24, 2.45) is 0 Å². The van der Waals surface area contributed by atoms with Gasteiger partial charge in [0.1, 0.15) is 0 Å². The van der Waals surface area contributed by atoms with Crippen LogP contribution in [0.1, 0.15) is 5.56 Å². The van der Waals surface area contributed by atoms with E-state index in [1.165, 1.54) is 17.3 Å². The van der Waals surface area contributed by atoms with Gasteiger partial charge in [0.05, 0.1) is 11.4 Å². The number of carbonyl (C=O) groups is 1. The summed E-state index contributed by atoms with van der Waals surface area (Å²) in [5.74, 6) is 1.76. The molecule has 4 aromatic rings. The molecular weight excluding hydrogens is 414 g/mol. The number of ether oxygens (including phenoxy) is 2.